The Bertz CT molecular complexity index is 1210. The third-order valence-electron chi connectivity index (χ3n) is 5.16. The van der Waals surface area contributed by atoms with Crippen LogP contribution >= 0.6 is 11.3 Å². The molecule has 2 amide bonds. The summed E-state index contributed by atoms with van der Waals surface area (Å²) in [6.45, 7) is 0.443. The molecule has 1 aliphatic heterocycles. The largest absolute Gasteiger partial charge is 0.497 e. The molecule has 0 bridgehead atoms. The highest BCUT2D eigenvalue weighted by Gasteiger charge is 2.34. The van der Waals surface area contributed by atoms with Crippen molar-refractivity contribution in [2.75, 3.05) is 31.0 Å². The molecule has 1 saturated heterocycles. The standard InChI is InChI=1S/C21H19N5O6S/c1-31-15-6-4-14(5-7-15)25-11-13(10-18(25)27)20-23-24-21(33-20)22-19(28)12-3-8-17(32-2)16(9-12)26(29)30/h3-9,13H,10-11H2,1-2H3,(H,22,24,28). The number of anilines is 2. The number of amides is 2. The van der Waals surface area contributed by atoms with Crippen LogP contribution in [-0.2, 0) is 4.79 Å². The average Bonchev–Trinajstić information content (AvgIpc) is 3.45. The molecular formula is C21H19N5O6S. The van der Waals surface area contributed by atoms with E-state index in [1.807, 2.05) is 12.1 Å². The fraction of sp³-hybridized carbons (Fsp3) is 0.238. The van der Waals surface area contributed by atoms with E-state index in [1.54, 1.807) is 24.1 Å². The summed E-state index contributed by atoms with van der Waals surface area (Å²) in [6.07, 6.45) is 0.277. The quantitative estimate of drug-likeness (QED) is 0.411. The SMILES string of the molecule is COc1ccc(N2CC(c3nnc(NC(=O)c4ccc(OC)c([N+](=O)[O-])c4)s3)CC2=O)cc1. The third kappa shape index (κ3) is 4.60. The molecule has 33 heavy (non-hydrogen) atoms. The second-order valence-electron chi connectivity index (χ2n) is 7.15. The highest BCUT2D eigenvalue weighted by molar-refractivity contribution is 7.15. The number of ether oxygens (including phenoxy) is 2. The molecule has 0 spiro atoms. The molecule has 12 heteroatoms. The number of aromatic nitrogens is 2. The summed E-state index contributed by atoms with van der Waals surface area (Å²) < 4.78 is 10.1. The minimum Gasteiger partial charge on any atom is -0.497 e. The Labute approximate surface area is 192 Å². The van der Waals surface area contributed by atoms with Gasteiger partial charge in [-0.05, 0) is 36.4 Å². The Morgan fingerprint density at radius 2 is 1.94 bits per heavy atom. The van der Waals surface area contributed by atoms with Gasteiger partial charge in [0.15, 0.2) is 5.75 Å². The van der Waals surface area contributed by atoms with E-state index < -0.39 is 10.8 Å². The monoisotopic (exact) mass is 469 g/mol. The van der Waals surface area contributed by atoms with Crippen LogP contribution < -0.4 is 19.7 Å². The lowest BCUT2D eigenvalue weighted by Gasteiger charge is -2.16. The first-order valence-electron chi connectivity index (χ1n) is 9.81. The van der Waals surface area contributed by atoms with Gasteiger partial charge in [0.2, 0.25) is 11.0 Å². The first-order valence-corrected chi connectivity index (χ1v) is 10.6. The zero-order valence-corrected chi connectivity index (χ0v) is 18.5. The molecule has 0 radical (unpaired) electrons. The van der Waals surface area contributed by atoms with Crippen LogP contribution in [-0.4, -0.2) is 47.7 Å². The van der Waals surface area contributed by atoms with Gasteiger partial charge in [-0.15, -0.1) is 10.2 Å². The van der Waals surface area contributed by atoms with Gasteiger partial charge in [0.05, 0.1) is 19.1 Å². The topological polar surface area (TPSA) is 137 Å². The van der Waals surface area contributed by atoms with E-state index >= 15 is 0 Å². The zero-order chi connectivity index (χ0) is 23.5. The molecule has 1 aliphatic rings. The van der Waals surface area contributed by atoms with Crippen LogP contribution in [0.4, 0.5) is 16.5 Å². The summed E-state index contributed by atoms with van der Waals surface area (Å²) in [7, 11) is 2.89. The van der Waals surface area contributed by atoms with Crippen molar-refractivity contribution in [1.82, 2.24) is 10.2 Å². The Balaban J connectivity index is 1.45. The van der Waals surface area contributed by atoms with Crippen molar-refractivity contribution in [2.24, 2.45) is 0 Å². The number of nitrogens with zero attached hydrogens (tertiary/aromatic N) is 4. The molecule has 1 fully saturated rings. The Kier molecular flexibility index (Phi) is 6.18. The number of hydrogen-bond acceptors (Lipinski definition) is 9. The van der Waals surface area contributed by atoms with E-state index in [0.717, 1.165) is 11.8 Å². The summed E-state index contributed by atoms with van der Waals surface area (Å²) in [5.74, 6) is 0.00263. The van der Waals surface area contributed by atoms with Gasteiger partial charge < -0.3 is 14.4 Å². The molecule has 11 nitrogen and oxygen atoms in total. The predicted octanol–water partition coefficient (Wildman–Crippen LogP) is 3.24. The lowest BCUT2D eigenvalue weighted by Crippen LogP contribution is -2.24. The van der Waals surface area contributed by atoms with E-state index in [2.05, 4.69) is 15.5 Å². The molecule has 1 unspecified atom stereocenters. The number of benzene rings is 2. The van der Waals surface area contributed by atoms with E-state index in [9.17, 15) is 19.7 Å². The molecule has 3 aromatic rings. The van der Waals surface area contributed by atoms with E-state index in [0.29, 0.717) is 17.3 Å². The minimum absolute atomic E-state index is 0.0310. The van der Waals surface area contributed by atoms with Crippen LogP contribution in [0.15, 0.2) is 42.5 Å². The van der Waals surface area contributed by atoms with E-state index in [4.69, 9.17) is 9.47 Å². The molecule has 2 heterocycles. The molecule has 2 aromatic carbocycles. The molecule has 1 aromatic heterocycles. The van der Waals surface area contributed by atoms with Crippen molar-refractivity contribution < 1.29 is 24.0 Å². The molecule has 170 valence electrons. The van der Waals surface area contributed by atoms with Crippen molar-refractivity contribution >= 4 is 39.7 Å². The Morgan fingerprint density at radius 1 is 1.18 bits per heavy atom. The van der Waals surface area contributed by atoms with E-state index in [-0.39, 0.29) is 40.4 Å². The van der Waals surface area contributed by atoms with Crippen molar-refractivity contribution in [3.8, 4) is 11.5 Å². The first-order chi connectivity index (χ1) is 15.9. The van der Waals surface area contributed by atoms with Crippen LogP contribution in [0.2, 0.25) is 0 Å². The van der Waals surface area contributed by atoms with Gasteiger partial charge in [0.1, 0.15) is 10.8 Å². The molecular weight excluding hydrogens is 450 g/mol. The lowest BCUT2D eigenvalue weighted by molar-refractivity contribution is -0.385. The minimum atomic E-state index is -0.621. The summed E-state index contributed by atoms with van der Waals surface area (Å²) in [4.78, 5) is 37.3. The van der Waals surface area contributed by atoms with E-state index in [1.165, 1.54) is 30.6 Å². The highest BCUT2D eigenvalue weighted by atomic mass is 32.1. The number of nitro benzene ring substituents is 1. The maximum atomic E-state index is 12.6. The third-order valence-corrected chi connectivity index (χ3v) is 6.16. The maximum Gasteiger partial charge on any atom is 0.311 e. The van der Waals surface area contributed by atoms with Gasteiger partial charge in [0.25, 0.3) is 5.91 Å². The molecule has 1 N–H and O–H groups in total. The van der Waals surface area contributed by atoms with Gasteiger partial charge in [-0.3, -0.25) is 25.0 Å². The lowest BCUT2D eigenvalue weighted by atomic mass is 10.1. The number of nitro groups is 1. The molecule has 0 saturated carbocycles. The van der Waals surface area contributed by atoms with Gasteiger partial charge in [-0.2, -0.15) is 0 Å². The Hall–Kier alpha value is -4.06. The van der Waals surface area contributed by atoms with Crippen molar-refractivity contribution in [1.29, 1.82) is 0 Å². The first kappa shape index (κ1) is 22.1. The number of carbonyl (C=O) groups excluding carboxylic acids is 2. The fourth-order valence-electron chi connectivity index (χ4n) is 3.48. The molecule has 0 aliphatic carbocycles. The summed E-state index contributed by atoms with van der Waals surface area (Å²) in [5.41, 5.74) is 0.537. The van der Waals surface area contributed by atoms with Gasteiger partial charge in [-0.25, -0.2) is 0 Å². The Morgan fingerprint density at radius 3 is 2.61 bits per heavy atom. The van der Waals surface area contributed by atoms with Crippen LogP contribution in [0, 0.1) is 10.1 Å². The number of nitrogens with one attached hydrogen (secondary N) is 1. The number of carbonyl (C=O) groups is 2. The normalized spacial score (nSPS) is 15.4. The summed E-state index contributed by atoms with van der Waals surface area (Å²) in [6, 6.07) is 11.1. The second kappa shape index (κ2) is 9.20. The average molecular weight is 469 g/mol. The van der Waals surface area contributed by atoms with Crippen LogP contribution in [0.5, 0.6) is 11.5 Å². The van der Waals surface area contributed by atoms with Gasteiger partial charge in [-0.1, -0.05) is 11.3 Å². The summed E-state index contributed by atoms with van der Waals surface area (Å²) in [5, 5.41) is 22.8. The summed E-state index contributed by atoms with van der Waals surface area (Å²) >= 11 is 1.17. The smallest absolute Gasteiger partial charge is 0.311 e. The van der Waals surface area contributed by atoms with Gasteiger partial charge >= 0.3 is 5.69 Å². The predicted molar refractivity (Wildman–Crippen MR) is 120 cm³/mol. The number of hydrogen-bond donors (Lipinski definition) is 1. The molecule has 1 atom stereocenters. The van der Waals surface area contributed by atoms with Crippen LogP contribution in [0.3, 0.4) is 0 Å². The van der Waals surface area contributed by atoms with Gasteiger partial charge in [0, 0.05) is 36.2 Å². The second-order valence-corrected chi connectivity index (χ2v) is 8.16. The van der Waals surface area contributed by atoms with Crippen LogP contribution in [0.25, 0.3) is 0 Å². The maximum absolute atomic E-state index is 12.6. The fourth-order valence-corrected chi connectivity index (χ4v) is 4.31. The van der Waals surface area contributed by atoms with Crippen molar-refractivity contribution in [3.05, 3.63) is 63.1 Å². The number of methoxy groups -OCH3 is 2. The van der Waals surface area contributed by atoms with Crippen molar-refractivity contribution in [2.45, 2.75) is 12.3 Å². The number of rotatable bonds is 7. The van der Waals surface area contributed by atoms with Crippen molar-refractivity contribution in [3.63, 3.8) is 0 Å². The van der Waals surface area contributed by atoms with Crippen LogP contribution in [0.1, 0.15) is 27.7 Å². The molecule has 4 rings (SSSR count). The zero-order valence-electron chi connectivity index (χ0n) is 17.7. The highest BCUT2D eigenvalue weighted by Crippen LogP contribution is 2.35.